The Morgan fingerprint density at radius 2 is 2.17 bits per heavy atom. The summed E-state index contributed by atoms with van der Waals surface area (Å²) >= 11 is 0. The molecule has 1 unspecified atom stereocenters. The first kappa shape index (κ1) is 14.3. The van der Waals surface area contributed by atoms with Crippen LogP contribution in [-0.4, -0.2) is 30.4 Å². The summed E-state index contributed by atoms with van der Waals surface area (Å²) < 4.78 is 9.97. The van der Waals surface area contributed by atoms with Crippen LogP contribution in [0.2, 0.25) is 0 Å². The molecule has 1 atom stereocenters. The zero-order valence-electron chi connectivity index (χ0n) is 10.7. The minimum atomic E-state index is -1.66. The third-order valence-electron chi connectivity index (χ3n) is 2.47. The molecule has 1 rings (SSSR count). The van der Waals surface area contributed by atoms with Gasteiger partial charge in [0.25, 0.3) is 0 Å². The van der Waals surface area contributed by atoms with Crippen molar-refractivity contribution in [1.29, 1.82) is 0 Å². The van der Waals surface area contributed by atoms with Gasteiger partial charge in [0, 0.05) is 0 Å². The Morgan fingerprint density at radius 1 is 1.50 bits per heavy atom. The van der Waals surface area contributed by atoms with Gasteiger partial charge in [-0.1, -0.05) is 24.3 Å². The lowest BCUT2D eigenvalue weighted by Gasteiger charge is -2.21. The van der Waals surface area contributed by atoms with E-state index >= 15 is 0 Å². The van der Waals surface area contributed by atoms with Crippen LogP contribution in [0.25, 0.3) is 0 Å². The summed E-state index contributed by atoms with van der Waals surface area (Å²) in [7, 11) is 1.22. The second kappa shape index (κ2) is 6.21. The van der Waals surface area contributed by atoms with Crippen LogP contribution in [-0.2, 0) is 16.0 Å². The highest BCUT2D eigenvalue weighted by atomic mass is 16.6. The Labute approximate surface area is 107 Å². The van der Waals surface area contributed by atoms with Crippen LogP contribution in [0.5, 0.6) is 5.75 Å². The minimum absolute atomic E-state index is 0.159. The summed E-state index contributed by atoms with van der Waals surface area (Å²) in [5.74, 6) is -0.0923. The number of benzene rings is 1. The molecule has 98 valence electrons. The van der Waals surface area contributed by atoms with Crippen LogP contribution in [0.15, 0.2) is 36.9 Å². The summed E-state index contributed by atoms with van der Waals surface area (Å²) in [5.41, 5.74) is -0.705. The van der Waals surface area contributed by atoms with Crippen molar-refractivity contribution in [2.24, 2.45) is 0 Å². The Balaban J connectivity index is 2.74. The van der Waals surface area contributed by atoms with Gasteiger partial charge in [0.1, 0.15) is 12.4 Å². The van der Waals surface area contributed by atoms with Gasteiger partial charge in [-0.25, -0.2) is 4.79 Å². The van der Waals surface area contributed by atoms with Crippen LogP contribution in [0.4, 0.5) is 0 Å². The highest BCUT2D eigenvalue weighted by Gasteiger charge is 2.32. The average Bonchev–Trinajstić information content (AvgIpc) is 2.37. The monoisotopic (exact) mass is 250 g/mol. The third-order valence-corrected chi connectivity index (χ3v) is 2.47. The van der Waals surface area contributed by atoms with Crippen LogP contribution in [0.1, 0.15) is 12.5 Å². The largest absolute Gasteiger partial charge is 0.490 e. The molecule has 0 aliphatic rings. The summed E-state index contributed by atoms with van der Waals surface area (Å²) in [6, 6.07) is 7.41. The molecule has 4 nitrogen and oxygen atoms in total. The molecule has 0 amide bonds. The SMILES string of the molecule is C=CCc1ccccc1OCC(C)(O)C(=O)OC. The quantitative estimate of drug-likeness (QED) is 0.617. The zero-order chi connectivity index (χ0) is 13.6. The summed E-state index contributed by atoms with van der Waals surface area (Å²) in [6.07, 6.45) is 2.43. The topological polar surface area (TPSA) is 55.8 Å². The molecular weight excluding hydrogens is 232 g/mol. The van der Waals surface area contributed by atoms with Gasteiger partial charge in [-0.3, -0.25) is 0 Å². The number of methoxy groups -OCH3 is 1. The molecule has 1 aromatic carbocycles. The molecule has 0 aliphatic heterocycles. The maximum absolute atomic E-state index is 11.3. The molecule has 0 radical (unpaired) electrons. The van der Waals surface area contributed by atoms with Crippen molar-refractivity contribution >= 4 is 5.97 Å². The van der Waals surface area contributed by atoms with Crippen molar-refractivity contribution in [2.75, 3.05) is 13.7 Å². The van der Waals surface area contributed by atoms with Crippen molar-refractivity contribution in [2.45, 2.75) is 18.9 Å². The smallest absolute Gasteiger partial charge is 0.341 e. The maximum Gasteiger partial charge on any atom is 0.341 e. The molecule has 0 bridgehead atoms. The lowest BCUT2D eigenvalue weighted by atomic mass is 10.1. The van der Waals surface area contributed by atoms with E-state index in [1.807, 2.05) is 18.2 Å². The van der Waals surface area contributed by atoms with Crippen LogP contribution in [0.3, 0.4) is 0 Å². The lowest BCUT2D eigenvalue weighted by molar-refractivity contribution is -0.163. The predicted molar refractivity (Wildman–Crippen MR) is 68.5 cm³/mol. The molecule has 1 N–H and O–H groups in total. The van der Waals surface area contributed by atoms with Gasteiger partial charge in [0.15, 0.2) is 5.60 Å². The van der Waals surface area contributed by atoms with E-state index in [1.165, 1.54) is 14.0 Å². The van der Waals surface area contributed by atoms with Gasteiger partial charge >= 0.3 is 5.97 Å². The van der Waals surface area contributed by atoms with E-state index in [-0.39, 0.29) is 6.61 Å². The van der Waals surface area contributed by atoms with E-state index in [4.69, 9.17) is 4.74 Å². The van der Waals surface area contributed by atoms with Gasteiger partial charge in [-0.05, 0) is 25.0 Å². The van der Waals surface area contributed by atoms with E-state index in [2.05, 4.69) is 11.3 Å². The fourth-order valence-electron chi connectivity index (χ4n) is 1.47. The zero-order valence-corrected chi connectivity index (χ0v) is 10.7. The Morgan fingerprint density at radius 3 is 2.78 bits per heavy atom. The average molecular weight is 250 g/mol. The van der Waals surface area contributed by atoms with Crippen LogP contribution < -0.4 is 4.74 Å². The van der Waals surface area contributed by atoms with Crippen molar-refractivity contribution in [1.82, 2.24) is 0 Å². The van der Waals surface area contributed by atoms with Gasteiger partial charge < -0.3 is 14.6 Å². The fraction of sp³-hybridized carbons (Fsp3) is 0.357. The van der Waals surface area contributed by atoms with Gasteiger partial charge in [0.05, 0.1) is 7.11 Å². The molecule has 0 heterocycles. The van der Waals surface area contributed by atoms with Gasteiger partial charge in [-0.2, -0.15) is 0 Å². The Bertz CT molecular complexity index is 424. The summed E-state index contributed by atoms with van der Waals surface area (Å²) in [5, 5.41) is 9.85. The molecule has 0 saturated heterocycles. The normalized spacial score (nSPS) is 13.5. The molecule has 0 spiro atoms. The second-order valence-corrected chi connectivity index (χ2v) is 4.15. The lowest BCUT2D eigenvalue weighted by Crippen LogP contribution is -2.42. The molecule has 1 aromatic rings. The number of para-hydroxylation sites is 1. The highest BCUT2D eigenvalue weighted by Crippen LogP contribution is 2.20. The summed E-state index contributed by atoms with van der Waals surface area (Å²) in [4.78, 5) is 11.3. The van der Waals surface area contributed by atoms with E-state index in [9.17, 15) is 9.90 Å². The number of aliphatic hydroxyl groups is 1. The van der Waals surface area contributed by atoms with Crippen molar-refractivity contribution in [3.8, 4) is 5.75 Å². The Hall–Kier alpha value is -1.81. The third kappa shape index (κ3) is 3.60. The first-order valence-electron chi connectivity index (χ1n) is 5.63. The fourth-order valence-corrected chi connectivity index (χ4v) is 1.47. The number of carbonyl (C=O) groups excluding carboxylic acids is 1. The predicted octanol–water partition coefficient (Wildman–Crippen LogP) is 1.72. The van der Waals surface area contributed by atoms with E-state index in [0.29, 0.717) is 12.2 Å². The van der Waals surface area contributed by atoms with Crippen LogP contribution >= 0.6 is 0 Å². The maximum atomic E-state index is 11.3. The number of esters is 1. The van der Waals surface area contributed by atoms with E-state index in [1.54, 1.807) is 12.1 Å². The first-order valence-corrected chi connectivity index (χ1v) is 5.63. The number of carbonyl (C=O) groups is 1. The number of allylic oxidation sites excluding steroid dienone is 1. The Kier molecular flexibility index (Phi) is 4.92. The minimum Gasteiger partial charge on any atom is -0.490 e. The second-order valence-electron chi connectivity index (χ2n) is 4.15. The summed E-state index contributed by atoms with van der Waals surface area (Å²) in [6.45, 7) is 4.87. The van der Waals surface area contributed by atoms with Crippen molar-refractivity contribution in [3.05, 3.63) is 42.5 Å². The standard InChI is InChI=1S/C14H18O4/c1-4-7-11-8-5-6-9-12(11)18-10-14(2,16)13(15)17-3/h4-6,8-9,16H,1,7,10H2,2-3H3. The van der Waals surface area contributed by atoms with Crippen molar-refractivity contribution in [3.63, 3.8) is 0 Å². The number of hydrogen-bond acceptors (Lipinski definition) is 4. The molecule has 18 heavy (non-hydrogen) atoms. The molecular formula is C14H18O4. The first-order chi connectivity index (χ1) is 8.51. The number of hydrogen-bond donors (Lipinski definition) is 1. The molecule has 0 aromatic heterocycles. The van der Waals surface area contributed by atoms with Gasteiger partial charge in [0.2, 0.25) is 0 Å². The van der Waals surface area contributed by atoms with E-state index in [0.717, 1.165) is 5.56 Å². The molecule has 4 heteroatoms. The van der Waals surface area contributed by atoms with Gasteiger partial charge in [-0.15, -0.1) is 6.58 Å². The number of ether oxygens (including phenoxy) is 2. The molecule has 0 saturated carbocycles. The van der Waals surface area contributed by atoms with E-state index < -0.39 is 11.6 Å². The van der Waals surface area contributed by atoms with Crippen LogP contribution in [0, 0.1) is 0 Å². The number of rotatable bonds is 6. The molecule has 0 fully saturated rings. The van der Waals surface area contributed by atoms with Crippen molar-refractivity contribution < 1.29 is 19.4 Å². The molecule has 0 aliphatic carbocycles. The highest BCUT2D eigenvalue weighted by molar-refractivity contribution is 5.78.